The molecule has 0 aromatic rings. The lowest BCUT2D eigenvalue weighted by Gasteiger charge is -2.40. The first-order chi connectivity index (χ1) is 26.5. The lowest BCUT2D eigenvalue weighted by molar-refractivity contribution is -0.297. The van der Waals surface area contributed by atoms with Crippen LogP contribution in [0.15, 0.2) is 17.9 Å². The third-order valence-corrected chi connectivity index (χ3v) is 10.6. The molecule has 6 atom stereocenters. The molecule has 0 saturated carbocycles. The largest absolute Gasteiger partial charge is 0.462 e. The average Bonchev–Trinajstić information content (AvgIpc) is 3.14. The number of esters is 2. The van der Waals surface area contributed by atoms with Crippen molar-refractivity contribution >= 4 is 22.1 Å². The van der Waals surface area contributed by atoms with E-state index in [0.717, 1.165) is 57.8 Å². The summed E-state index contributed by atoms with van der Waals surface area (Å²) in [7, 11) is -4.60. The minimum Gasteiger partial charge on any atom is -0.462 e. The van der Waals surface area contributed by atoms with Gasteiger partial charge in [-0.2, -0.15) is 8.42 Å². The Balaban J connectivity index is 2.50. The van der Waals surface area contributed by atoms with E-state index in [4.69, 9.17) is 18.9 Å². The fourth-order valence-corrected chi connectivity index (χ4v) is 7.17. The zero-order chi connectivity index (χ0) is 40.6. The number of aliphatic hydroxyl groups is 3. The van der Waals surface area contributed by atoms with Crippen molar-refractivity contribution in [2.24, 2.45) is 0 Å². The van der Waals surface area contributed by atoms with Gasteiger partial charge in [0.15, 0.2) is 12.4 Å². The summed E-state index contributed by atoms with van der Waals surface area (Å²) in [5, 5.41) is 30.8. The van der Waals surface area contributed by atoms with Crippen LogP contribution < -0.4 is 0 Å². The van der Waals surface area contributed by atoms with Gasteiger partial charge in [0.1, 0.15) is 36.8 Å². The van der Waals surface area contributed by atoms with Gasteiger partial charge in [-0.05, 0) is 50.7 Å². The molecule has 1 aliphatic rings. The number of rotatable bonds is 35. The van der Waals surface area contributed by atoms with Crippen molar-refractivity contribution < 1.29 is 56.8 Å². The van der Waals surface area contributed by atoms with Gasteiger partial charge >= 0.3 is 11.9 Å². The fourth-order valence-electron chi connectivity index (χ4n) is 6.48. The maximum absolute atomic E-state index is 12.8. The minimum absolute atomic E-state index is 0.147. The van der Waals surface area contributed by atoms with E-state index in [1.54, 1.807) is 0 Å². The number of carbonyl (C=O) groups excluding carboxylic acids is 2. The summed E-state index contributed by atoms with van der Waals surface area (Å²) in [6, 6.07) is 0. The number of unbranched alkanes of at least 4 members (excludes halogenated alkanes) is 21. The maximum atomic E-state index is 12.8. The molecule has 0 aromatic carbocycles. The summed E-state index contributed by atoms with van der Waals surface area (Å²) in [5.41, 5.74) is 3.27. The molecule has 1 rings (SSSR count). The first kappa shape index (κ1) is 51.2. The summed E-state index contributed by atoms with van der Waals surface area (Å²) >= 11 is 0. The molecule has 55 heavy (non-hydrogen) atoms. The molecular formula is C42H76O12S. The van der Waals surface area contributed by atoms with Crippen LogP contribution in [0.25, 0.3) is 0 Å². The van der Waals surface area contributed by atoms with Crippen LogP contribution in [0.5, 0.6) is 0 Å². The third-order valence-electron chi connectivity index (χ3n) is 9.87. The van der Waals surface area contributed by atoms with Gasteiger partial charge in [0.2, 0.25) is 0 Å². The molecule has 0 amide bonds. The van der Waals surface area contributed by atoms with Gasteiger partial charge in [0, 0.05) is 12.8 Å². The van der Waals surface area contributed by atoms with E-state index in [2.05, 4.69) is 31.7 Å². The Kier molecular flexibility index (Phi) is 30.9. The topological polar surface area (TPSA) is 186 Å². The Labute approximate surface area is 332 Å². The average molecular weight is 805 g/mol. The Morgan fingerprint density at radius 1 is 0.636 bits per heavy atom. The van der Waals surface area contributed by atoms with Crippen LogP contribution in [0.2, 0.25) is 0 Å². The normalized spacial score (nSPS) is 20.4. The second-order valence-corrected chi connectivity index (χ2v) is 16.6. The summed E-state index contributed by atoms with van der Waals surface area (Å²) in [4.78, 5) is 25.3. The smallest absolute Gasteiger partial charge is 0.306 e. The van der Waals surface area contributed by atoms with Crippen molar-refractivity contribution in [2.45, 2.75) is 218 Å². The third kappa shape index (κ3) is 28.3. The van der Waals surface area contributed by atoms with E-state index >= 15 is 0 Å². The number of hydrogen-bond donors (Lipinski definition) is 4. The lowest BCUT2D eigenvalue weighted by atomic mass is 10.00. The second kappa shape index (κ2) is 33.2. The molecule has 0 radical (unpaired) electrons. The molecule has 1 aliphatic heterocycles. The molecule has 1 heterocycles. The van der Waals surface area contributed by atoms with Gasteiger partial charge in [-0.1, -0.05) is 129 Å². The molecule has 0 aliphatic carbocycles. The Morgan fingerprint density at radius 2 is 1.09 bits per heavy atom. The van der Waals surface area contributed by atoms with E-state index < -0.39 is 71.2 Å². The molecule has 0 bridgehead atoms. The van der Waals surface area contributed by atoms with E-state index in [1.807, 2.05) is 0 Å². The monoisotopic (exact) mass is 805 g/mol. The zero-order valence-corrected chi connectivity index (χ0v) is 34.9. The highest BCUT2D eigenvalue weighted by Gasteiger charge is 2.46. The highest BCUT2D eigenvalue weighted by atomic mass is 32.2. The van der Waals surface area contributed by atoms with E-state index in [0.29, 0.717) is 12.8 Å². The second-order valence-electron chi connectivity index (χ2n) is 15.1. The number of allylic oxidation sites excluding steroid dienone is 1. The van der Waals surface area contributed by atoms with Crippen LogP contribution in [-0.2, 0) is 38.7 Å². The molecule has 0 spiro atoms. The van der Waals surface area contributed by atoms with Gasteiger partial charge < -0.3 is 34.3 Å². The van der Waals surface area contributed by atoms with Crippen molar-refractivity contribution in [3.8, 4) is 0 Å². The minimum atomic E-state index is -4.60. The highest BCUT2D eigenvalue weighted by molar-refractivity contribution is 7.85. The summed E-state index contributed by atoms with van der Waals surface area (Å²) in [6.45, 7) is 3.71. The summed E-state index contributed by atoms with van der Waals surface area (Å²) in [5.74, 6) is -2.00. The number of hydrogen-bond acceptors (Lipinski definition) is 11. The van der Waals surface area contributed by atoms with Crippen molar-refractivity contribution in [3.63, 3.8) is 0 Å². The molecule has 1 saturated heterocycles. The summed E-state index contributed by atoms with van der Waals surface area (Å²) < 4.78 is 53.9. The Hall–Kier alpha value is -1.83. The van der Waals surface area contributed by atoms with Gasteiger partial charge in [-0.25, -0.2) is 0 Å². The van der Waals surface area contributed by atoms with Crippen molar-refractivity contribution in [3.05, 3.63) is 17.9 Å². The predicted molar refractivity (Wildman–Crippen MR) is 214 cm³/mol. The maximum Gasteiger partial charge on any atom is 0.306 e. The van der Waals surface area contributed by atoms with E-state index in [1.165, 1.54) is 83.5 Å². The molecule has 2 unspecified atom stereocenters. The van der Waals surface area contributed by atoms with Crippen molar-refractivity contribution in [1.82, 2.24) is 0 Å². The summed E-state index contributed by atoms with van der Waals surface area (Å²) in [6.07, 6.45) is 21.8. The molecule has 0 aromatic heterocycles. The van der Waals surface area contributed by atoms with Crippen LogP contribution in [0, 0.1) is 0 Å². The van der Waals surface area contributed by atoms with Crippen LogP contribution in [0.3, 0.4) is 0 Å². The Bertz CT molecular complexity index is 1140. The van der Waals surface area contributed by atoms with Crippen molar-refractivity contribution in [1.29, 1.82) is 0 Å². The van der Waals surface area contributed by atoms with Crippen molar-refractivity contribution in [2.75, 3.05) is 19.0 Å². The number of aliphatic hydroxyl groups excluding tert-OH is 3. The molecule has 322 valence electrons. The van der Waals surface area contributed by atoms with Crippen LogP contribution in [0.4, 0.5) is 0 Å². The quantitative estimate of drug-likeness (QED) is 0.0209. The first-order valence-electron chi connectivity index (χ1n) is 21.5. The zero-order valence-electron chi connectivity index (χ0n) is 34.1. The van der Waals surface area contributed by atoms with Crippen LogP contribution in [-0.4, -0.2) is 96.0 Å². The van der Waals surface area contributed by atoms with Gasteiger partial charge in [0.05, 0.1) is 6.61 Å². The lowest BCUT2D eigenvalue weighted by Crippen LogP contribution is -2.60. The molecule has 13 heteroatoms. The molecule has 12 nitrogen and oxygen atoms in total. The number of ether oxygens (including phenoxy) is 4. The number of carbonyl (C=O) groups is 2. The molecule has 1 fully saturated rings. The standard InChI is InChI=1S/C42H76O12S/c1-3-5-7-9-11-13-15-17-18-19-21-23-25-27-29-31-38(44)53-35(33-52-42-41(47)40(46)39(45)36(54-42)34-55(48,49)50)32-51-37(43)30-28-26-24-22-20-16-14-12-10-8-6-4-2/h15,18,35-36,39-42,45-47H,3-14,16,19-34H2,1-2H3,(H,48,49,50)/t17?,35-,36-,39-,40?,41?,42+/m1/s1. The van der Waals surface area contributed by atoms with Gasteiger partial charge in [0.25, 0.3) is 10.1 Å². The van der Waals surface area contributed by atoms with Gasteiger partial charge in [-0.15, -0.1) is 5.73 Å². The molecular weight excluding hydrogens is 729 g/mol. The predicted octanol–water partition coefficient (Wildman–Crippen LogP) is 8.05. The SMILES string of the molecule is CCCCCCCC=C=CCCCCCCCC(=O)O[C@H](COC(=O)CCCCCCCCCCCCCC)CO[C@H]1O[C@H](CS(=O)(=O)O)[C@@H](O)C(O)C1O. The fraction of sp³-hybridized carbons (Fsp3) is 0.881. The Morgan fingerprint density at radius 3 is 1.58 bits per heavy atom. The van der Waals surface area contributed by atoms with Crippen LogP contribution in [0.1, 0.15) is 181 Å². The van der Waals surface area contributed by atoms with Gasteiger partial charge in [-0.3, -0.25) is 14.1 Å². The van der Waals surface area contributed by atoms with E-state index in [9.17, 15) is 37.9 Å². The van der Waals surface area contributed by atoms with Crippen LogP contribution >= 0.6 is 0 Å². The molecule has 4 N–H and O–H groups in total. The first-order valence-corrected chi connectivity index (χ1v) is 23.1. The van der Waals surface area contributed by atoms with E-state index in [-0.39, 0.29) is 19.4 Å². The highest BCUT2D eigenvalue weighted by Crippen LogP contribution is 2.24.